The van der Waals surface area contributed by atoms with Gasteiger partial charge in [-0.05, 0) is 13.0 Å². The quantitative estimate of drug-likeness (QED) is 0.465. The van der Waals surface area contributed by atoms with E-state index in [1.807, 2.05) is 37.0 Å². The van der Waals surface area contributed by atoms with E-state index in [-0.39, 0.29) is 29.2 Å². The van der Waals surface area contributed by atoms with Gasteiger partial charge in [-0.15, -0.1) is 0 Å². The average Bonchev–Trinajstić information content (AvgIpc) is 3.26. The Labute approximate surface area is 170 Å². The predicted octanol–water partition coefficient (Wildman–Crippen LogP) is 2.41. The molecule has 1 unspecified atom stereocenters. The van der Waals surface area contributed by atoms with E-state index < -0.39 is 0 Å². The van der Waals surface area contributed by atoms with Gasteiger partial charge in [-0.2, -0.15) is 20.3 Å². The maximum Gasteiger partial charge on any atom is 0.224 e. The van der Waals surface area contributed by atoms with Crippen molar-refractivity contribution in [1.82, 2.24) is 29.3 Å². The monoisotopic (exact) mass is 408 g/mol. The molecule has 4 aromatic rings. The summed E-state index contributed by atoms with van der Waals surface area (Å²) in [4.78, 5) is 12.5. The summed E-state index contributed by atoms with van der Waals surface area (Å²) < 4.78 is 3.62. The van der Waals surface area contributed by atoms with Gasteiger partial charge in [-0.25, -0.2) is 4.98 Å². The van der Waals surface area contributed by atoms with Crippen molar-refractivity contribution in [2.24, 2.45) is 7.05 Å². The lowest BCUT2D eigenvalue weighted by Crippen LogP contribution is -2.13. The Morgan fingerprint density at radius 1 is 1.28 bits per heavy atom. The van der Waals surface area contributed by atoms with Crippen molar-refractivity contribution in [1.29, 1.82) is 5.26 Å². The molecular formula is C18H17ClN10. The minimum Gasteiger partial charge on any atom is -0.382 e. The van der Waals surface area contributed by atoms with Gasteiger partial charge >= 0.3 is 0 Å². The second-order valence-electron chi connectivity index (χ2n) is 6.49. The molecule has 4 heterocycles. The zero-order valence-electron chi connectivity index (χ0n) is 15.6. The van der Waals surface area contributed by atoms with Crippen LogP contribution in [0.15, 0.2) is 30.9 Å². The van der Waals surface area contributed by atoms with Crippen LogP contribution in [-0.2, 0) is 7.05 Å². The van der Waals surface area contributed by atoms with E-state index in [1.54, 1.807) is 23.1 Å². The van der Waals surface area contributed by atoms with Crippen molar-refractivity contribution in [3.63, 3.8) is 0 Å². The molecule has 0 saturated heterocycles. The van der Waals surface area contributed by atoms with Crippen LogP contribution in [0, 0.1) is 11.3 Å². The minimum atomic E-state index is -0.294. The van der Waals surface area contributed by atoms with Gasteiger partial charge in [-0.3, -0.25) is 9.25 Å². The molecule has 0 aromatic carbocycles. The summed E-state index contributed by atoms with van der Waals surface area (Å²) in [7, 11) is 1.84. The number of aryl methyl sites for hydroxylation is 1. The molecule has 29 heavy (non-hydrogen) atoms. The molecule has 0 saturated carbocycles. The van der Waals surface area contributed by atoms with Crippen molar-refractivity contribution in [3.8, 4) is 11.8 Å². The largest absolute Gasteiger partial charge is 0.382 e. The fourth-order valence-electron chi connectivity index (χ4n) is 3.19. The molecule has 10 nitrogen and oxygen atoms in total. The number of nitrogens with two attached hydrogens (primary N) is 2. The summed E-state index contributed by atoms with van der Waals surface area (Å²) in [5.74, 6) is 0.258. The summed E-state index contributed by atoms with van der Waals surface area (Å²) in [5, 5.41) is 18.2. The number of fused-ring (bicyclic) bond motifs is 1. The SMILES string of the molecule is CC(Nc1nc(N)nc(N)c1C#N)c1cn(-c2cnn(C)c2)c2nccc(Cl)c12. The highest BCUT2D eigenvalue weighted by Crippen LogP contribution is 2.34. The molecule has 0 spiro atoms. The lowest BCUT2D eigenvalue weighted by atomic mass is 10.1. The Morgan fingerprint density at radius 3 is 2.76 bits per heavy atom. The first-order valence-corrected chi connectivity index (χ1v) is 9.01. The predicted molar refractivity (Wildman–Crippen MR) is 110 cm³/mol. The van der Waals surface area contributed by atoms with Crippen LogP contribution in [0.4, 0.5) is 17.6 Å². The molecule has 0 bridgehead atoms. The Bertz CT molecular complexity index is 1270. The average molecular weight is 409 g/mol. The van der Waals surface area contributed by atoms with E-state index in [4.69, 9.17) is 23.1 Å². The van der Waals surface area contributed by atoms with Crippen molar-refractivity contribution >= 4 is 40.2 Å². The number of hydrogen-bond donors (Lipinski definition) is 3. The van der Waals surface area contributed by atoms with Crippen molar-refractivity contribution in [3.05, 3.63) is 47.0 Å². The third-order valence-electron chi connectivity index (χ3n) is 4.52. The van der Waals surface area contributed by atoms with Crippen molar-refractivity contribution in [2.45, 2.75) is 13.0 Å². The highest BCUT2D eigenvalue weighted by atomic mass is 35.5. The van der Waals surface area contributed by atoms with Gasteiger partial charge in [0.15, 0.2) is 5.82 Å². The Morgan fingerprint density at radius 2 is 2.07 bits per heavy atom. The van der Waals surface area contributed by atoms with E-state index >= 15 is 0 Å². The maximum atomic E-state index is 9.41. The molecule has 0 aliphatic rings. The van der Waals surface area contributed by atoms with Gasteiger partial charge in [0, 0.05) is 36.6 Å². The maximum absolute atomic E-state index is 9.41. The Balaban J connectivity index is 1.84. The summed E-state index contributed by atoms with van der Waals surface area (Å²) in [6, 6.07) is 3.45. The highest BCUT2D eigenvalue weighted by molar-refractivity contribution is 6.35. The van der Waals surface area contributed by atoms with Crippen molar-refractivity contribution < 1.29 is 0 Å². The van der Waals surface area contributed by atoms with Crippen LogP contribution in [0.2, 0.25) is 5.02 Å². The molecule has 0 aliphatic heterocycles. The molecular weight excluding hydrogens is 392 g/mol. The standard InChI is InChI=1S/C18H17ClN10/c1-9(25-16-11(5-20)15(21)26-18(22)27-16)12-8-29(10-6-24-28(2)7-10)17-14(12)13(19)3-4-23-17/h3-4,6-9H,1-2H3,(H5,21,22,25,26,27). The highest BCUT2D eigenvalue weighted by Gasteiger charge is 2.21. The van der Waals surface area contributed by atoms with Crippen molar-refractivity contribution in [2.75, 3.05) is 16.8 Å². The van der Waals surface area contributed by atoms with Gasteiger partial charge in [0.2, 0.25) is 5.95 Å². The number of nitrogens with zero attached hydrogens (tertiary/aromatic N) is 7. The van der Waals surface area contributed by atoms with E-state index in [0.29, 0.717) is 10.7 Å². The van der Waals surface area contributed by atoms with Crippen LogP contribution in [0.25, 0.3) is 16.7 Å². The Hall–Kier alpha value is -3.84. The first-order chi connectivity index (χ1) is 13.9. The zero-order chi connectivity index (χ0) is 20.7. The number of rotatable bonds is 4. The van der Waals surface area contributed by atoms with Crippen LogP contribution in [-0.4, -0.2) is 29.3 Å². The molecule has 146 valence electrons. The lowest BCUT2D eigenvalue weighted by Gasteiger charge is -2.16. The fraction of sp³-hybridized carbons (Fsp3) is 0.167. The summed E-state index contributed by atoms with van der Waals surface area (Å²) >= 11 is 6.50. The van der Waals surface area contributed by atoms with Gasteiger partial charge in [0.05, 0.1) is 22.9 Å². The molecule has 0 radical (unpaired) electrons. The van der Waals surface area contributed by atoms with Crippen LogP contribution < -0.4 is 16.8 Å². The van der Waals surface area contributed by atoms with Gasteiger partial charge in [0.1, 0.15) is 23.1 Å². The number of nitriles is 1. The molecule has 0 amide bonds. The number of halogens is 1. The van der Waals surface area contributed by atoms with E-state index in [2.05, 4.69) is 25.4 Å². The number of aromatic nitrogens is 6. The van der Waals surface area contributed by atoms with E-state index in [1.165, 1.54) is 0 Å². The topological polar surface area (TPSA) is 149 Å². The molecule has 1 atom stereocenters. The second-order valence-corrected chi connectivity index (χ2v) is 6.89. The second kappa shape index (κ2) is 6.96. The lowest BCUT2D eigenvalue weighted by molar-refractivity contribution is 0.767. The smallest absolute Gasteiger partial charge is 0.224 e. The van der Waals surface area contributed by atoms with Crippen LogP contribution >= 0.6 is 11.6 Å². The van der Waals surface area contributed by atoms with Gasteiger partial charge in [0.25, 0.3) is 0 Å². The van der Waals surface area contributed by atoms with E-state index in [0.717, 1.165) is 16.6 Å². The van der Waals surface area contributed by atoms with Crippen LogP contribution in [0.5, 0.6) is 0 Å². The zero-order valence-corrected chi connectivity index (χ0v) is 16.4. The van der Waals surface area contributed by atoms with Crippen LogP contribution in [0.3, 0.4) is 0 Å². The third kappa shape index (κ3) is 3.17. The molecule has 0 fully saturated rings. The number of hydrogen-bond acceptors (Lipinski definition) is 8. The molecule has 5 N–H and O–H groups in total. The molecule has 4 aromatic heterocycles. The molecule has 11 heteroatoms. The third-order valence-corrected chi connectivity index (χ3v) is 4.84. The first-order valence-electron chi connectivity index (χ1n) is 8.63. The fourth-order valence-corrected chi connectivity index (χ4v) is 3.44. The van der Waals surface area contributed by atoms with E-state index in [9.17, 15) is 5.26 Å². The van der Waals surface area contributed by atoms with Gasteiger partial charge < -0.3 is 16.8 Å². The number of pyridine rings is 1. The number of nitrogen functional groups attached to an aromatic ring is 2. The van der Waals surface area contributed by atoms with Crippen LogP contribution in [0.1, 0.15) is 24.1 Å². The van der Waals surface area contributed by atoms with Gasteiger partial charge in [-0.1, -0.05) is 11.6 Å². The summed E-state index contributed by atoms with van der Waals surface area (Å²) in [6.07, 6.45) is 7.20. The Kier molecular flexibility index (Phi) is 4.44. The minimum absolute atomic E-state index is 0.0197. The molecule has 4 rings (SSSR count). The first kappa shape index (κ1) is 18.5. The number of anilines is 3. The molecule has 0 aliphatic carbocycles. The summed E-state index contributed by atoms with van der Waals surface area (Å²) in [5.41, 5.74) is 14.0. The normalized spacial score (nSPS) is 12.1. The number of nitrogens with one attached hydrogen (secondary N) is 1. The summed E-state index contributed by atoms with van der Waals surface area (Å²) in [6.45, 7) is 1.92.